The summed E-state index contributed by atoms with van der Waals surface area (Å²) in [4.78, 5) is 22.4. The molecule has 1 heterocycles. The highest BCUT2D eigenvalue weighted by Crippen LogP contribution is 2.39. The van der Waals surface area contributed by atoms with Gasteiger partial charge in [-0.25, -0.2) is 0 Å². The van der Waals surface area contributed by atoms with E-state index >= 15 is 0 Å². The first-order valence-corrected chi connectivity index (χ1v) is 11.8. The fraction of sp³-hybridized carbons (Fsp3) is 0.611. The summed E-state index contributed by atoms with van der Waals surface area (Å²) in [5.74, 6) is 0.329. The van der Waals surface area contributed by atoms with Crippen molar-refractivity contribution in [1.29, 1.82) is 0 Å². The number of nitrogens with one attached hydrogen (secondary N) is 1. The number of hydrogen-bond acceptors (Lipinski definition) is 5. The summed E-state index contributed by atoms with van der Waals surface area (Å²) in [7, 11) is -1.77. The Kier molecular flexibility index (Phi) is 6.08. The van der Waals surface area contributed by atoms with Crippen LogP contribution in [0, 0.1) is 10.1 Å². The van der Waals surface area contributed by atoms with Gasteiger partial charge >= 0.3 is 0 Å². The summed E-state index contributed by atoms with van der Waals surface area (Å²) in [5.41, 5.74) is 0.985. The third-order valence-corrected chi connectivity index (χ3v) is 9.67. The van der Waals surface area contributed by atoms with Crippen molar-refractivity contribution in [3.63, 3.8) is 0 Å². The number of ether oxygens (including phenoxy) is 1. The molecule has 0 atom stereocenters. The van der Waals surface area contributed by atoms with Gasteiger partial charge in [-0.05, 0) is 30.6 Å². The van der Waals surface area contributed by atoms with Crippen LogP contribution in [0.2, 0.25) is 18.1 Å². The van der Waals surface area contributed by atoms with E-state index in [1.165, 1.54) is 6.07 Å². The smallest absolute Gasteiger partial charge is 0.274 e. The van der Waals surface area contributed by atoms with Crippen LogP contribution in [-0.4, -0.2) is 32.4 Å². The van der Waals surface area contributed by atoms with Crippen molar-refractivity contribution in [2.24, 2.45) is 0 Å². The van der Waals surface area contributed by atoms with Gasteiger partial charge in [0.2, 0.25) is 5.91 Å². The molecular weight excluding hydrogens is 352 g/mol. The van der Waals surface area contributed by atoms with E-state index in [9.17, 15) is 14.9 Å². The molecule has 0 aromatic heterocycles. The van der Waals surface area contributed by atoms with Gasteiger partial charge in [-0.15, -0.1) is 0 Å². The predicted molar refractivity (Wildman–Crippen MR) is 103 cm³/mol. The van der Waals surface area contributed by atoms with Gasteiger partial charge < -0.3 is 14.5 Å². The minimum absolute atomic E-state index is 0.0219. The maximum atomic E-state index is 11.7. The standard InChI is InChI=1S/C18H28N2O5Si/c1-18(2,3)26(4,5)25-12-6-11-24-15-9-8-14(20(22)23)13-7-10-16(21)19-17(13)15/h8-9H,6-7,10-12H2,1-5H3,(H,19,21). The molecule has 26 heavy (non-hydrogen) atoms. The van der Waals surface area contributed by atoms with Crippen molar-refractivity contribution >= 4 is 25.6 Å². The Labute approximate surface area is 155 Å². The molecule has 0 unspecified atom stereocenters. The molecule has 0 radical (unpaired) electrons. The number of nitro groups is 1. The third-order valence-electron chi connectivity index (χ3n) is 5.13. The van der Waals surface area contributed by atoms with Crippen molar-refractivity contribution in [3.8, 4) is 5.75 Å². The van der Waals surface area contributed by atoms with Gasteiger partial charge in [-0.1, -0.05) is 20.8 Å². The molecule has 1 aromatic carbocycles. The third kappa shape index (κ3) is 4.61. The lowest BCUT2D eigenvalue weighted by Crippen LogP contribution is -2.41. The topological polar surface area (TPSA) is 90.7 Å². The summed E-state index contributed by atoms with van der Waals surface area (Å²) >= 11 is 0. The van der Waals surface area contributed by atoms with Crippen molar-refractivity contribution in [3.05, 3.63) is 27.8 Å². The number of nitro benzene ring substituents is 1. The van der Waals surface area contributed by atoms with Gasteiger partial charge in [0.15, 0.2) is 8.32 Å². The zero-order valence-electron chi connectivity index (χ0n) is 16.2. The molecular formula is C18H28N2O5Si. The van der Waals surface area contributed by atoms with Crippen LogP contribution in [0.4, 0.5) is 11.4 Å². The molecule has 2 rings (SSSR count). The average molecular weight is 381 g/mol. The van der Waals surface area contributed by atoms with Gasteiger partial charge in [0.05, 0.1) is 22.8 Å². The lowest BCUT2D eigenvalue weighted by molar-refractivity contribution is -0.385. The largest absolute Gasteiger partial charge is 0.491 e. The zero-order valence-corrected chi connectivity index (χ0v) is 17.2. The van der Waals surface area contributed by atoms with E-state index in [-0.39, 0.29) is 23.1 Å². The molecule has 8 heteroatoms. The molecule has 1 amide bonds. The molecule has 0 saturated carbocycles. The first-order valence-electron chi connectivity index (χ1n) is 8.90. The van der Waals surface area contributed by atoms with Crippen LogP contribution in [0.3, 0.4) is 0 Å². The SMILES string of the molecule is CC(C)(C)[Si](C)(C)OCCCOc1ccc([N+](=O)[O-])c2c1NC(=O)CC2. The predicted octanol–water partition coefficient (Wildman–Crippen LogP) is 4.27. The minimum Gasteiger partial charge on any atom is -0.491 e. The minimum atomic E-state index is -1.77. The van der Waals surface area contributed by atoms with Crippen LogP contribution in [0.5, 0.6) is 5.75 Å². The molecule has 7 nitrogen and oxygen atoms in total. The van der Waals surface area contributed by atoms with Crippen LogP contribution in [0.1, 0.15) is 39.2 Å². The second-order valence-corrected chi connectivity index (χ2v) is 12.9. The van der Waals surface area contributed by atoms with E-state index in [4.69, 9.17) is 9.16 Å². The Bertz CT molecular complexity index is 698. The number of nitrogens with zero attached hydrogens (tertiary/aromatic N) is 1. The maximum Gasteiger partial charge on any atom is 0.274 e. The molecule has 0 saturated heterocycles. The Morgan fingerprint density at radius 2 is 1.92 bits per heavy atom. The van der Waals surface area contributed by atoms with Crippen LogP contribution < -0.4 is 10.1 Å². The van der Waals surface area contributed by atoms with E-state index in [1.54, 1.807) is 6.07 Å². The zero-order chi connectivity index (χ0) is 19.5. The number of benzene rings is 1. The van der Waals surface area contributed by atoms with Crippen molar-refractivity contribution < 1.29 is 18.9 Å². The van der Waals surface area contributed by atoms with E-state index in [0.717, 1.165) is 0 Å². The van der Waals surface area contributed by atoms with Crippen LogP contribution in [-0.2, 0) is 15.6 Å². The van der Waals surface area contributed by atoms with Crippen molar-refractivity contribution in [1.82, 2.24) is 0 Å². The highest BCUT2D eigenvalue weighted by molar-refractivity contribution is 6.74. The Morgan fingerprint density at radius 3 is 2.54 bits per heavy atom. The number of carbonyl (C=O) groups is 1. The lowest BCUT2D eigenvalue weighted by Gasteiger charge is -2.36. The molecule has 1 aliphatic rings. The van der Waals surface area contributed by atoms with Crippen LogP contribution >= 0.6 is 0 Å². The number of amides is 1. The summed E-state index contributed by atoms with van der Waals surface area (Å²) < 4.78 is 11.9. The summed E-state index contributed by atoms with van der Waals surface area (Å²) in [6.45, 7) is 12.0. The molecule has 0 aliphatic carbocycles. The van der Waals surface area contributed by atoms with E-state index in [1.807, 2.05) is 0 Å². The van der Waals surface area contributed by atoms with Gasteiger partial charge in [0.25, 0.3) is 5.69 Å². The second kappa shape index (κ2) is 7.75. The van der Waals surface area contributed by atoms with Crippen molar-refractivity contribution in [2.75, 3.05) is 18.5 Å². The number of fused-ring (bicyclic) bond motifs is 1. The Morgan fingerprint density at radius 1 is 1.23 bits per heavy atom. The summed E-state index contributed by atoms with van der Waals surface area (Å²) in [6.07, 6.45) is 1.31. The van der Waals surface area contributed by atoms with E-state index in [0.29, 0.717) is 43.1 Å². The normalized spacial score (nSPS) is 14.6. The molecule has 144 valence electrons. The molecule has 1 N–H and O–H groups in total. The first kappa shape index (κ1) is 20.4. The lowest BCUT2D eigenvalue weighted by atomic mass is 10.0. The molecule has 0 spiro atoms. The molecule has 1 aromatic rings. The van der Waals surface area contributed by atoms with E-state index < -0.39 is 13.2 Å². The number of hydrogen-bond donors (Lipinski definition) is 1. The van der Waals surface area contributed by atoms with Gasteiger partial charge in [-0.2, -0.15) is 0 Å². The second-order valence-electron chi connectivity index (χ2n) is 8.05. The summed E-state index contributed by atoms with van der Waals surface area (Å²) in [5, 5.41) is 14.1. The fourth-order valence-corrected chi connectivity index (χ4v) is 3.61. The number of anilines is 1. The summed E-state index contributed by atoms with van der Waals surface area (Å²) in [6, 6.07) is 3.00. The van der Waals surface area contributed by atoms with Gasteiger partial charge in [0, 0.05) is 25.5 Å². The highest BCUT2D eigenvalue weighted by Gasteiger charge is 2.36. The maximum absolute atomic E-state index is 11.7. The fourth-order valence-electron chi connectivity index (χ4n) is 2.52. The molecule has 0 bridgehead atoms. The highest BCUT2D eigenvalue weighted by atomic mass is 28.4. The first-order chi connectivity index (χ1) is 12.0. The quantitative estimate of drug-likeness (QED) is 0.330. The Balaban J connectivity index is 1.98. The average Bonchev–Trinajstić information content (AvgIpc) is 2.53. The van der Waals surface area contributed by atoms with Gasteiger partial charge in [-0.3, -0.25) is 14.9 Å². The van der Waals surface area contributed by atoms with Gasteiger partial charge in [0.1, 0.15) is 5.75 Å². The van der Waals surface area contributed by atoms with Crippen LogP contribution in [0.15, 0.2) is 12.1 Å². The van der Waals surface area contributed by atoms with Crippen LogP contribution in [0.25, 0.3) is 0 Å². The van der Waals surface area contributed by atoms with Crippen molar-refractivity contribution in [2.45, 2.75) is 58.2 Å². The molecule has 0 fully saturated rings. The Hall–Kier alpha value is -1.93. The number of carbonyl (C=O) groups excluding carboxylic acids is 1. The number of rotatable bonds is 7. The molecule has 1 aliphatic heterocycles. The van der Waals surface area contributed by atoms with E-state index in [2.05, 4.69) is 39.2 Å². The monoisotopic (exact) mass is 380 g/mol.